The van der Waals surface area contributed by atoms with E-state index < -0.39 is 0 Å². The molecule has 0 rings (SSSR count). The number of nitriles is 1. The van der Waals surface area contributed by atoms with Gasteiger partial charge in [0.15, 0.2) is 0 Å². The van der Waals surface area contributed by atoms with Crippen LogP contribution in [0.3, 0.4) is 0 Å². The van der Waals surface area contributed by atoms with Crippen LogP contribution >= 0.6 is 11.8 Å². The molecule has 0 aromatic heterocycles. The van der Waals surface area contributed by atoms with Gasteiger partial charge in [0.25, 0.3) is 0 Å². The van der Waals surface area contributed by atoms with Gasteiger partial charge in [-0.1, -0.05) is 6.08 Å². The molecule has 0 aromatic rings. The number of Topliss-reactive ketones (excluding diaryl/α,β-unsaturated/α-hetero) is 1. The highest BCUT2D eigenvalue weighted by molar-refractivity contribution is 8.04. The first kappa shape index (κ1) is 9.25. The molecule has 0 fully saturated rings. The van der Waals surface area contributed by atoms with Gasteiger partial charge in [-0.2, -0.15) is 5.26 Å². The van der Waals surface area contributed by atoms with Crippen molar-refractivity contribution in [1.29, 1.82) is 5.26 Å². The molecule has 0 bridgehead atoms. The number of nitrogens with zero attached hydrogens (tertiary/aromatic N) is 1. The van der Waals surface area contributed by atoms with E-state index in [-0.39, 0.29) is 5.78 Å². The van der Waals surface area contributed by atoms with Crippen LogP contribution in [0.5, 0.6) is 0 Å². The molecule has 0 spiro atoms. The summed E-state index contributed by atoms with van der Waals surface area (Å²) in [5.41, 5.74) is 0. The van der Waals surface area contributed by atoms with E-state index in [0.717, 1.165) is 11.8 Å². The minimum absolute atomic E-state index is 0.117. The third-order valence-corrected chi connectivity index (χ3v) is 1.52. The van der Waals surface area contributed by atoms with Crippen molar-refractivity contribution < 1.29 is 4.79 Å². The van der Waals surface area contributed by atoms with E-state index in [1.165, 1.54) is 0 Å². The van der Waals surface area contributed by atoms with Gasteiger partial charge in [0.05, 0.1) is 5.75 Å². The molecule has 0 saturated heterocycles. The van der Waals surface area contributed by atoms with Crippen LogP contribution in [0.15, 0.2) is 12.7 Å². The maximum atomic E-state index is 10.7. The Morgan fingerprint density at radius 3 is 3.00 bits per heavy atom. The van der Waals surface area contributed by atoms with Crippen molar-refractivity contribution in [2.45, 2.75) is 12.8 Å². The fourth-order valence-corrected chi connectivity index (χ4v) is 0.818. The van der Waals surface area contributed by atoms with Crippen LogP contribution in [0.2, 0.25) is 0 Å². The van der Waals surface area contributed by atoms with E-state index in [1.807, 2.05) is 5.40 Å². The lowest BCUT2D eigenvalue weighted by atomic mass is 10.2. The molecular weight excluding hydrogens is 146 g/mol. The first-order valence-electron chi connectivity index (χ1n) is 2.94. The minimum atomic E-state index is 0.117. The molecule has 0 N–H and O–H groups in total. The van der Waals surface area contributed by atoms with E-state index in [9.17, 15) is 4.79 Å². The maximum Gasteiger partial charge on any atom is 0.144 e. The molecule has 54 valence electrons. The molecule has 3 heteroatoms. The highest BCUT2D eigenvalue weighted by Gasteiger charge is 1.98. The topological polar surface area (TPSA) is 40.9 Å². The van der Waals surface area contributed by atoms with Crippen molar-refractivity contribution in [2.75, 3.05) is 5.75 Å². The summed E-state index contributed by atoms with van der Waals surface area (Å²) in [7, 11) is 0. The average Bonchev–Trinajstić information content (AvgIpc) is 1.97. The van der Waals surface area contributed by atoms with E-state index in [0.29, 0.717) is 18.6 Å². The summed E-state index contributed by atoms with van der Waals surface area (Å²) in [5.74, 6) is 0.427. The fourth-order valence-electron chi connectivity index (χ4n) is 0.448. The minimum Gasteiger partial charge on any atom is -0.299 e. The summed E-state index contributed by atoms with van der Waals surface area (Å²) < 4.78 is 0. The van der Waals surface area contributed by atoms with E-state index in [2.05, 4.69) is 6.58 Å². The van der Waals surface area contributed by atoms with Crippen molar-refractivity contribution in [3.63, 3.8) is 0 Å². The van der Waals surface area contributed by atoms with Crippen LogP contribution in [-0.2, 0) is 4.79 Å². The highest BCUT2D eigenvalue weighted by Crippen LogP contribution is 2.00. The molecule has 0 amide bonds. The Balaban J connectivity index is 3.27. The van der Waals surface area contributed by atoms with Gasteiger partial charge in [-0.15, -0.1) is 6.58 Å². The SMILES string of the molecule is C=CCCC(=O)CSC#N. The fraction of sp³-hybridized carbons (Fsp3) is 0.429. The Kier molecular flexibility index (Phi) is 5.89. The lowest BCUT2D eigenvalue weighted by Crippen LogP contribution is -1.98. The summed E-state index contributed by atoms with van der Waals surface area (Å²) in [6.45, 7) is 3.49. The molecule has 0 saturated carbocycles. The molecule has 0 atom stereocenters. The molecular formula is C7H9NOS. The molecule has 0 aliphatic heterocycles. The molecule has 0 unspecified atom stereocenters. The zero-order valence-electron chi connectivity index (χ0n) is 5.67. The summed E-state index contributed by atoms with van der Waals surface area (Å²) in [6.07, 6.45) is 2.93. The van der Waals surface area contributed by atoms with E-state index in [4.69, 9.17) is 5.26 Å². The lowest BCUT2D eigenvalue weighted by Gasteiger charge is -1.90. The van der Waals surface area contributed by atoms with Gasteiger partial charge in [-0.3, -0.25) is 4.79 Å². The molecule has 0 radical (unpaired) electrons. The standard InChI is InChI=1S/C7H9NOS/c1-2-3-4-7(9)5-10-6-8/h2H,1,3-5H2. The van der Waals surface area contributed by atoms with Gasteiger partial charge in [0.2, 0.25) is 0 Å². The van der Waals surface area contributed by atoms with Crippen LogP contribution in [0, 0.1) is 10.7 Å². The van der Waals surface area contributed by atoms with Crippen molar-refractivity contribution in [2.24, 2.45) is 0 Å². The van der Waals surface area contributed by atoms with E-state index in [1.54, 1.807) is 6.08 Å². The van der Waals surface area contributed by atoms with Crippen LogP contribution in [0.25, 0.3) is 0 Å². The predicted molar refractivity (Wildman–Crippen MR) is 42.5 cm³/mol. The number of ketones is 1. The molecule has 10 heavy (non-hydrogen) atoms. The number of hydrogen-bond acceptors (Lipinski definition) is 3. The zero-order chi connectivity index (χ0) is 7.82. The van der Waals surface area contributed by atoms with Gasteiger partial charge in [0.1, 0.15) is 11.2 Å². The Morgan fingerprint density at radius 2 is 2.50 bits per heavy atom. The second kappa shape index (κ2) is 6.37. The number of carbonyl (C=O) groups is 1. The Morgan fingerprint density at radius 1 is 1.80 bits per heavy atom. The van der Waals surface area contributed by atoms with E-state index >= 15 is 0 Å². The van der Waals surface area contributed by atoms with Gasteiger partial charge in [-0.05, 0) is 18.2 Å². The summed E-state index contributed by atoms with van der Waals surface area (Å²) >= 11 is 0.988. The van der Waals surface area contributed by atoms with Crippen LogP contribution in [0.1, 0.15) is 12.8 Å². The molecule has 0 heterocycles. The van der Waals surface area contributed by atoms with Crippen LogP contribution < -0.4 is 0 Å². The quantitative estimate of drug-likeness (QED) is 0.448. The molecule has 2 nitrogen and oxygen atoms in total. The van der Waals surface area contributed by atoms with Crippen molar-refractivity contribution in [3.8, 4) is 5.40 Å². The summed E-state index contributed by atoms with van der Waals surface area (Å²) in [5, 5.41) is 9.93. The summed E-state index contributed by atoms with van der Waals surface area (Å²) in [4.78, 5) is 10.7. The van der Waals surface area contributed by atoms with Crippen LogP contribution in [0.4, 0.5) is 0 Å². The van der Waals surface area contributed by atoms with Gasteiger partial charge in [0, 0.05) is 6.42 Å². The number of hydrogen-bond donors (Lipinski definition) is 0. The third-order valence-electron chi connectivity index (χ3n) is 0.925. The monoisotopic (exact) mass is 155 g/mol. The molecule has 0 aromatic carbocycles. The first-order chi connectivity index (χ1) is 4.81. The van der Waals surface area contributed by atoms with Crippen molar-refractivity contribution in [1.82, 2.24) is 0 Å². The number of thiocyanates is 1. The number of allylic oxidation sites excluding steroid dienone is 1. The van der Waals surface area contributed by atoms with Gasteiger partial charge >= 0.3 is 0 Å². The van der Waals surface area contributed by atoms with Crippen molar-refractivity contribution in [3.05, 3.63) is 12.7 Å². The van der Waals surface area contributed by atoms with Gasteiger partial charge < -0.3 is 0 Å². The normalized spacial score (nSPS) is 8.30. The lowest BCUT2D eigenvalue weighted by molar-refractivity contribution is -0.116. The highest BCUT2D eigenvalue weighted by atomic mass is 32.2. The predicted octanol–water partition coefficient (Wildman–Crippen LogP) is 1.74. The zero-order valence-corrected chi connectivity index (χ0v) is 6.49. The number of carbonyl (C=O) groups excluding carboxylic acids is 1. The average molecular weight is 155 g/mol. The molecule has 0 aliphatic rings. The number of thioether (sulfide) groups is 1. The second-order valence-corrected chi connectivity index (χ2v) is 2.51. The Bertz CT molecular complexity index is 159. The Labute approximate surface area is 64.9 Å². The third kappa shape index (κ3) is 5.39. The number of rotatable bonds is 5. The maximum absolute atomic E-state index is 10.7. The van der Waals surface area contributed by atoms with Crippen LogP contribution in [-0.4, -0.2) is 11.5 Å². The van der Waals surface area contributed by atoms with Gasteiger partial charge in [-0.25, -0.2) is 0 Å². The van der Waals surface area contributed by atoms with Crippen molar-refractivity contribution >= 4 is 17.5 Å². The first-order valence-corrected chi connectivity index (χ1v) is 3.93. The Hall–Kier alpha value is -0.750. The second-order valence-electron chi connectivity index (χ2n) is 1.75. The summed E-state index contributed by atoms with van der Waals surface area (Å²) in [6, 6.07) is 0. The smallest absolute Gasteiger partial charge is 0.144 e. The largest absolute Gasteiger partial charge is 0.299 e. The molecule has 0 aliphatic carbocycles.